The lowest BCUT2D eigenvalue weighted by Gasteiger charge is -2.39. The maximum absolute atomic E-state index is 13.2. The molecule has 9 nitrogen and oxygen atoms in total. The maximum Gasteiger partial charge on any atom is 0.255 e. The van der Waals surface area contributed by atoms with Gasteiger partial charge >= 0.3 is 0 Å². The summed E-state index contributed by atoms with van der Waals surface area (Å²) >= 11 is 0. The standard InChI is InChI=1S/C31H35N5O4/c1-35-17-23(26-20-8-9-21(26)16-36(15-20)31(38)18-6-4-5-7-18)27-28(40-3)24(14-33-29(27)35)34-30(37)19-10-11-25(39-2)22(12-19)13-32/h10-12,14,17-18,20-21,26H,4-9,15-16H2,1-3H3,(H,34,37)/t20-,21+,26+. The molecule has 40 heavy (non-hydrogen) atoms. The highest BCUT2D eigenvalue weighted by atomic mass is 16.5. The lowest BCUT2D eigenvalue weighted by atomic mass is 9.79. The monoisotopic (exact) mass is 541 g/mol. The van der Waals surface area contributed by atoms with Crippen molar-refractivity contribution in [2.24, 2.45) is 24.8 Å². The van der Waals surface area contributed by atoms with E-state index in [1.807, 2.05) is 11.6 Å². The number of aryl methyl sites for hydroxylation is 1. The van der Waals surface area contributed by atoms with E-state index in [2.05, 4.69) is 22.5 Å². The third kappa shape index (κ3) is 4.36. The van der Waals surface area contributed by atoms with Crippen LogP contribution in [0.25, 0.3) is 11.0 Å². The second kappa shape index (κ2) is 10.5. The van der Waals surface area contributed by atoms with Crippen molar-refractivity contribution in [3.8, 4) is 17.6 Å². The van der Waals surface area contributed by atoms with E-state index < -0.39 is 0 Å². The number of methoxy groups -OCH3 is 2. The van der Waals surface area contributed by atoms with Crippen molar-refractivity contribution >= 4 is 28.5 Å². The number of hydrogen-bond donors (Lipinski definition) is 1. The molecule has 0 radical (unpaired) electrons. The van der Waals surface area contributed by atoms with Crippen molar-refractivity contribution in [3.05, 3.63) is 47.3 Å². The van der Waals surface area contributed by atoms with Crippen molar-refractivity contribution in [3.63, 3.8) is 0 Å². The van der Waals surface area contributed by atoms with Crippen LogP contribution in [0, 0.1) is 29.1 Å². The number of pyridine rings is 1. The molecule has 6 rings (SSSR count). The van der Waals surface area contributed by atoms with Crippen molar-refractivity contribution in [1.82, 2.24) is 14.5 Å². The number of piperidine rings is 1. The lowest BCUT2D eigenvalue weighted by molar-refractivity contribution is -0.137. The first-order valence-electron chi connectivity index (χ1n) is 14.1. The van der Waals surface area contributed by atoms with Gasteiger partial charge in [0.1, 0.15) is 23.2 Å². The summed E-state index contributed by atoms with van der Waals surface area (Å²) in [6.45, 7) is 1.61. The number of fused-ring (bicyclic) bond motifs is 3. The van der Waals surface area contributed by atoms with E-state index >= 15 is 0 Å². The van der Waals surface area contributed by atoms with Crippen LogP contribution in [0.4, 0.5) is 5.69 Å². The molecule has 1 aliphatic heterocycles. The second-order valence-corrected chi connectivity index (χ2v) is 11.4. The van der Waals surface area contributed by atoms with E-state index in [9.17, 15) is 14.9 Å². The molecular formula is C31H35N5O4. The smallest absolute Gasteiger partial charge is 0.255 e. The summed E-state index contributed by atoms with van der Waals surface area (Å²) in [6, 6.07) is 6.82. The predicted octanol–water partition coefficient (Wildman–Crippen LogP) is 4.86. The van der Waals surface area contributed by atoms with E-state index in [-0.39, 0.29) is 17.4 Å². The average molecular weight is 542 g/mol. The van der Waals surface area contributed by atoms with E-state index in [1.165, 1.54) is 31.6 Å². The topological polar surface area (TPSA) is 109 Å². The van der Waals surface area contributed by atoms with Gasteiger partial charge in [0.25, 0.3) is 5.91 Å². The Morgan fingerprint density at radius 2 is 1.80 bits per heavy atom. The number of hydrogen-bond acceptors (Lipinski definition) is 6. The molecule has 1 saturated heterocycles. The molecule has 3 heterocycles. The van der Waals surface area contributed by atoms with E-state index in [1.54, 1.807) is 25.4 Å². The Hall–Kier alpha value is -4.06. The van der Waals surface area contributed by atoms with Crippen LogP contribution < -0.4 is 14.8 Å². The minimum absolute atomic E-state index is 0.207. The Bertz CT molecular complexity index is 1500. The Kier molecular flexibility index (Phi) is 6.87. The number of nitriles is 1. The number of nitrogens with one attached hydrogen (secondary N) is 1. The number of ether oxygens (including phenoxy) is 2. The van der Waals surface area contributed by atoms with Gasteiger partial charge in [-0.15, -0.1) is 0 Å². The molecule has 2 bridgehead atoms. The Balaban J connectivity index is 1.31. The van der Waals surface area contributed by atoms with Crippen LogP contribution in [0.2, 0.25) is 0 Å². The first-order valence-corrected chi connectivity index (χ1v) is 14.1. The SMILES string of the molecule is COc1ccc(C(=O)Nc2cnc3c(c([C@H]4[C@@H]5CC[C@H]4CN(C(=O)C4CCCC4)C5)cn3C)c2OC)cc1C#N. The van der Waals surface area contributed by atoms with Crippen LogP contribution in [-0.4, -0.2) is 53.6 Å². The van der Waals surface area contributed by atoms with Crippen molar-refractivity contribution in [2.75, 3.05) is 32.6 Å². The normalized spacial score (nSPS) is 22.4. The summed E-state index contributed by atoms with van der Waals surface area (Å²) in [6.07, 6.45) is 10.4. The largest absolute Gasteiger partial charge is 0.495 e. The fraction of sp³-hybridized carbons (Fsp3) is 0.484. The summed E-state index contributed by atoms with van der Waals surface area (Å²) in [4.78, 5) is 33.3. The van der Waals surface area contributed by atoms with Crippen molar-refractivity contribution in [2.45, 2.75) is 44.4 Å². The van der Waals surface area contributed by atoms with Gasteiger partial charge in [-0.3, -0.25) is 9.59 Å². The Morgan fingerprint density at radius 3 is 2.45 bits per heavy atom. The number of aromatic nitrogens is 2. The van der Waals surface area contributed by atoms with Gasteiger partial charge in [-0.05, 0) is 67.2 Å². The van der Waals surface area contributed by atoms with Crippen LogP contribution in [0.5, 0.6) is 11.5 Å². The Labute approximate surface area is 234 Å². The number of nitrogens with zero attached hydrogens (tertiary/aromatic N) is 4. The quantitative estimate of drug-likeness (QED) is 0.478. The molecule has 1 aromatic carbocycles. The number of benzene rings is 1. The summed E-state index contributed by atoms with van der Waals surface area (Å²) in [5.74, 6) is 2.27. The molecule has 2 amide bonds. The van der Waals surface area contributed by atoms with E-state index in [0.29, 0.717) is 46.4 Å². The van der Waals surface area contributed by atoms with Crippen LogP contribution in [0.15, 0.2) is 30.6 Å². The van der Waals surface area contributed by atoms with E-state index in [0.717, 1.165) is 49.8 Å². The van der Waals surface area contributed by atoms with Gasteiger partial charge in [-0.1, -0.05) is 12.8 Å². The van der Waals surface area contributed by atoms with Gasteiger partial charge < -0.3 is 24.3 Å². The minimum atomic E-state index is -0.366. The highest BCUT2D eigenvalue weighted by molar-refractivity contribution is 6.07. The van der Waals surface area contributed by atoms with Crippen molar-refractivity contribution < 1.29 is 19.1 Å². The number of carbonyl (C=O) groups is 2. The molecule has 2 aliphatic carbocycles. The van der Waals surface area contributed by atoms with E-state index in [4.69, 9.17) is 14.5 Å². The summed E-state index contributed by atoms with van der Waals surface area (Å²) in [7, 11) is 5.08. The molecule has 2 aromatic heterocycles. The van der Waals surface area contributed by atoms with Gasteiger partial charge in [-0.2, -0.15) is 5.26 Å². The number of anilines is 1. The number of amides is 2. The van der Waals surface area contributed by atoms with Crippen LogP contribution >= 0.6 is 0 Å². The van der Waals surface area contributed by atoms with Crippen molar-refractivity contribution in [1.29, 1.82) is 5.26 Å². The molecule has 9 heteroatoms. The molecule has 3 fully saturated rings. The minimum Gasteiger partial charge on any atom is -0.495 e. The summed E-state index contributed by atoms with van der Waals surface area (Å²) < 4.78 is 13.2. The third-order valence-electron chi connectivity index (χ3n) is 9.21. The lowest BCUT2D eigenvalue weighted by Crippen LogP contribution is -2.46. The maximum atomic E-state index is 13.2. The van der Waals surface area contributed by atoms with Crippen LogP contribution in [0.1, 0.15) is 65.9 Å². The number of likely N-dealkylation sites (tertiary alicyclic amines) is 1. The second-order valence-electron chi connectivity index (χ2n) is 11.4. The third-order valence-corrected chi connectivity index (χ3v) is 9.21. The first kappa shape index (κ1) is 26.2. The van der Waals surface area contributed by atoms with Gasteiger partial charge in [0.05, 0.1) is 31.4 Å². The van der Waals surface area contributed by atoms with Gasteiger partial charge in [0, 0.05) is 37.8 Å². The number of rotatable bonds is 6. The molecular weight excluding hydrogens is 506 g/mol. The average Bonchev–Trinajstić information content (AvgIpc) is 3.68. The summed E-state index contributed by atoms with van der Waals surface area (Å²) in [5.41, 5.74) is 3.07. The molecule has 1 N–H and O–H groups in total. The highest BCUT2D eigenvalue weighted by Gasteiger charge is 2.46. The number of carbonyl (C=O) groups excluding carboxylic acids is 2. The Morgan fingerprint density at radius 1 is 1.07 bits per heavy atom. The zero-order valence-corrected chi connectivity index (χ0v) is 23.3. The van der Waals surface area contributed by atoms with Crippen LogP contribution in [-0.2, 0) is 11.8 Å². The van der Waals surface area contributed by atoms with Gasteiger partial charge in [0.15, 0.2) is 5.75 Å². The molecule has 2 saturated carbocycles. The molecule has 3 aliphatic rings. The summed E-state index contributed by atoms with van der Waals surface area (Å²) in [5, 5.41) is 13.3. The zero-order valence-electron chi connectivity index (χ0n) is 23.3. The fourth-order valence-corrected chi connectivity index (χ4v) is 7.37. The van der Waals surface area contributed by atoms with Gasteiger partial charge in [0.2, 0.25) is 5.91 Å². The predicted molar refractivity (Wildman–Crippen MR) is 150 cm³/mol. The highest BCUT2D eigenvalue weighted by Crippen LogP contribution is 2.52. The van der Waals surface area contributed by atoms with Crippen LogP contribution in [0.3, 0.4) is 0 Å². The molecule has 0 unspecified atom stereocenters. The zero-order chi connectivity index (χ0) is 28.0. The van der Waals surface area contributed by atoms with Gasteiger partial charge in [-0.25, -0.2) is 4.98 Å². The first-order chi connectivity index (χ1) is 19.4. The molecule has 3 aromatic rings. The fourth-order valence-electron chi connectivity index (χ4n) is 7.37. The molecule has 0 spiro atoms. The molecule has 3 atom stereocenters. The molecule has 208 valence electrons.